The summed E-state index contributed by atoms with van der Waals surface area (Å²) < 4.78 is 0. The topological polar surface area (TPSA) is 26.0 Å². The normalized spacial score (nSPS) is 12.3. The lowest BCUT2D eigenvalue weighted by Crippen LogP contribution is -2.11. The summed E-state index contributed by atoms with van der Waals surface area (Å²) in [6.45, 7) is 6.66. The first kappa shape index (κ1) is 15.5. The van der Waals surface area contributed by atoms with Gasteiger partial charge in [0, 0.05) is 6.04 Å². The number of benzene rings is 1. The molecule has 0 aliphatic rings. The minimum atomic E-state index is 0. The number of halogens is 1. The van der Waals surface area contributed by atoms with E-state index in [2.05, 4.69) is 45.0 Å². The molecule has 1 aromatic rings. The van der Waals surface area contributed by atoms with Crippen LogP contribution in [0, 0.1) is 5.92 Å². The maximum absolute atomic E-state index is 6.13. The molecule has 0 heterocycles. The number of nitrogens with two attached hydrogens (primary N) is 1. The minimum absolute atomic E-state index is 0. The van der Waals surface area contributed by atoms with E-state index in [1.165, 1.54) is 17.5 Å². The van der Waals surface area contributed by atoms with Crippen LogP contribution in [0.4, 0.5) is 0 Å². The Balaban J connectivity index is 0.00000225. The third-order valence-corrected chi connectivity index (χ3v) is 2.87. The fraction of sp³-hybridized carbons (Fsp3) is 0.571. The fourth-order valence-electron chi connectivity index (χ4n) is 1.68. The van der Waals surface area contributed by atoms with Gasteiger partial charge >= 0.3 is 0 Å². The molecule has 0 amide bonds. The second-order valence-corrected chi connectivity index (χ2v) is 4.67. The summed E-state index contributed by atoms with van der Waals surface area (Å²) >= 11 is 0. The lowest BCUT2D eigenvalue weighted by atomic mass is 9.97. The first-order chi connectivity index (χ1) is 7.13. The molecule has 0 bridgehead atoms. The van der Waals surface area contributed by atoms with Crippen molar-refractivity contribution in [2.75, 3.05) is 0 Å². The van der Waals surface area contributed by atoms with E-state index in [1.54, 1.807) is 0 Å². The number of rotatable bonds is 5. The van der Waals surface area contributed by atoms with Crippen molar-refractivity contribution in [1.82, 2.24) is 0 Å². The van der Waals surface area contributed by atoms with Gasteiger partial charge in [0.15, 0.2) is 0 Å². The van der Waals surface area contributed by atoms with Crippen LogP contribution in [0.25, 0.3) is 0 Å². The summed E-state index contributed by atoms with van der Waals surface area (Å²) in [6, 6.07) is 8.92. The molecule has 0 spiro atoms. The molecular formula is C14H24ClN. The fourth-order valence-corrected chi connectivity index (χ4v) is 1.68. The smallest absolute Gasteiger partial charge is 0.0294 e. The Labute approximate surface area is 106 Å². The van der Waals surface area contributed by atoms with Crippen molar-refractivity contribution in [3.8, 4) is 0 Å². The Morgan fingerprint density at radius 1 is 1.06 bits per heavy atom. The lowest BCUT2D eigenvalue weighted by Gasteiger charge is -2.13. The Kier molecular flexibility index (Phi) is 7.44. The van der Waals surface area contributed by atoms with E-state index in [1.807, 2.05) is 0 Å². The van der Waals surface area contributed by atoms with Crippen molar-refractivity contribution in [1.29, 1.82) is 0 Å². The summed E-state index contributed by atoms with van der Waals surface area (Å²) in [7, 11) is 0. The van der Waals surface area contributed by atoms with Crippen LogP contribution in [0.5, 0.6) is 0 Å². The molecule has 1 atom stereocenters. The van der Waals surface area contributed by atoms with Gasteiger partial charge in [0.05, 0.1) is 0 Å². The van der Waals surface area contributed by atoms with Gasteiger partial charge in [-0.05, 0) is 36.3 Å². The van der Waals surface area contributed by atoms with Crippen molar-refractivity contribution in [3.05, 3.63) is 35.4 Å². The molecule has 16 heavy (non-hydrogen) atoms. The van der Waals surface area contributed by atoms with Crippen molar-refractivity contribution in [3.63, 3.8) is 0 Å². The van der Waals surface area contributed by atoms with Gasteiger partial charge in [-0.2, -0.15) is 0 Å². The van der Waals surface area contributed by atoms with Crippen molar-refractivity contribution < 1.29 is 0 Å². The highest BCUT2D eigenvalue weighted by molar-refractivity contribution is 5.85. The Morgan fingerprint density at radius 2 is 1.62 bits per heavy atom. The molecular weight excluding hydrogens is 218 g/mol. The lowest BCUT2D eigenvalue weighted by molar-refractivity contribution is 0.507. The monoisotopic (exact) mass is 241 g/mol. The number of hydrogen-bond donors (Lipinski definition) is 1. The average Bonchev–Trinajstić information content (AvgIpc) is 2.26. The molecule has 92 valence electrons. The molecule has 0 aliphatic heterocycles. The predicted octanol–water partition coefficient (Wildman–Crippen LogP) is 4.11. The third kappa shape index (κ3) is 5.00. The number of aryl methyl sites for hydroxylation is 1. The van der Waals surface area contributed by atoms with Gasteiger partial charge in [0.1, 0.15) is 0 Å². The van der Waals surface area contributed by atoms with Crippen LogP contribution in [0.2, 0.25) is 0 Å². The summed E-state index contributed by atoms with van der Waals surface area (Å²) in [5.74, 6) is 0.742. The second-order valence-electron chi connectivity index (χ2n) is 4.67. The zero-order valence-corrected chi connectivity index (χ0v) is 11.4. The molecule has 2 heteroatoms. The van der Waals surface area contributed by atoms with Gasteiger partial charge in [-0.25, -0.2) is 0 Å². The second kappa shape index (κ2) is 7.70. The molecule has 0 aromatic heterocycles. The molecule has 0 fully saturated rings. The summed E-state index contributed by atoms with van der Waals surface area (Å²) in [6.07, 6.45) is 3.39. The van der Waals surface area contributed by atoms with Crippen molar-refractivity contribution >= 4 is 12.4 Å². The first-order valence-corrected chi connectivity index (χ1v) is 5.98. The standard InChI is InChI=1S/C14H23N.ClH/c1-4-12-6-8-13(9-7-12)14(15)10-5-11(2)3;/h6-9,11,14H,4-5,10,15H2,1-3H3;1H/t14-;/m0./s1. The molecule has 1 aromatic carbocycles. The van der Waals surface area contributed by atoms with Crippen LogP contribution in [0.3, 0.4) is 0 Å². The van der Waals surface area contributed by atoms with E-state index in [9.17, 15) is 0 Å². The molecule has 0 saturated carbocycles. The van der Waals surface area contributed by atoms with Crippen LogP contribution in [0.1, 0.15) is 50.8 Å². The van der Waals surface area contributed by atoms with E-state index in [-0.39, 0.29) is 18.4 Å². The van der Waals surface area contributed by atoms with Crippen LogP contribution in [-0.4, -0.2) is 0 Å². The highest BCUT2D eigenvalue weighted by Gasteiger charge is 2.06. The van der Waals surface area contributed by atoms with Gasteiger partial charge in [0.25, 0.3) is 0 Å². The summed E-state index contributed by atoms with van der Waals surface area (Å²) in [5, 5.41) is 0. The zero-order valence-electron chi connectivity index (χ0n) is 10.6. The van der Waals surface area contributed by atoms with E-state index in [0.717, 1.165) is 18.8 Å². The van der Waals surface area contributed by atoms with Crippen LogP contribution >= 0.6 is 12.4 Å². The number of hydrogen-bond acceptors (Lipinski definition) is 1. The maximum atomic E-state index is 6.13. The molecule has 1 nitrogen and oxygen atoms in total. The summed E-state index contributed by atoms with van der Waals surface area (Å²) in [5.41, 5.74) is 8.79. The van der Waals surface area contributed by atoms with Gasteiger partial charge in [-0.3, -0.25) is 0 Å². The Bertz CT molecular complexity index is 279. The zero-order chi connectivity index (χ0) is 11.3. The molecule has 1 rings (SSSR count). The van der Waals surface area contributed by atoms with Gasteiger partial charge in [-0.15, -0.1) is 12.4 Å². The highest BCUT2D eigenvalue weighted by atomic mass is 35.5. The van der Waals surface area contributed by atoms with Crippen molar-refractivity contribution in [2.45, 2.75) is 46.1 Å². The van der Waals surface area contributed by atoms with Gasteiger partial charge in [-0.1, -0.05) is 45.0 Å². The Hall–Kier alpha value is -0.530. The predicted molar refractivity (Wildman–Crippen MR) is 74.1 cm³/mol. The van der Waals surface area contributed by atoms with Crippen molar-refractivity contribution in [2.24, 2.45) is 11.7 Å². The van der Waals surface area contributed by atoms with E-state index in [4.69, 9.17) is 5.73 Å². The molecule has 2 N–H and O–H groups in total. The average molecular weight is 242 g/mol. The largest absolute Gasteiger partial charge is 0.324 e. The molecule has 0 aliphatic carbocycles. The quantitative estimate of drug-likeness (QED) is 0.825. The summed E-state index contributed by atoms with van der Waals surface area (Å²) in [4.78, 5) is 0. The highest BCUT2D eigenvalue weighted by Crippen LogP contribution is 2.19. The first-order valence-electron chi connectivity index (χ1n) is 5.98. The molecule has 0 saturated heterocycles. The molecule has 0 radical (unpaired) electrons. The van der Waals surface area contributed by atoms with Crippen LogP contribution in [-0.2, 0) is 6.42 Å². The van der Waals surface area contributed by atoms with Crippen LogP contribution in [0.15, 0.2) is 24.3 Å². The Morgan fingerprint density at radius 3 is 2.06 bits per heavy atom. The minimum Gasteiger partial charge on any atom is -0.324 e. The van der Waals surface area contributed by atoms with Gasteiger partial charge in [0.2, 0.25) is 0 Å². The third-order valence-electron chi connectivity index (χ3n) is 2.87. The van der Waals surface area contributed by atoms with Crippen LogP contribution < -0.4 is 5.73 Å². The molecule has 0 unspecified atom stereocenters. The maximum Gasteiger partial charge on any atom is 0.0294 e. The van der Waals surface area contributed by atoms with E-state index < -0.39 is 0 Å². The van der Waals surface area contributed by atoms with Gasteiger partial charge < -0.3 is 5.73 Å². The SMILES string of the molecule is CCc1ccc([C@@H](N)CCC(C)C)cc1.Cl. The van der Waals surface area contributed by atoms with E-state index >= 15 is 0 Å². The van der Waals surface area contributed by atoms with E-state index in [0.29, 0.717) is 0 Å².